The summed E-state index contributed by atoms with van der Waals surface area (Å²) in [6.07, 6.45) is 5.71. The zero-order valence-corrected chi connectivity index (χ0v) is 9.69. The van der Waals surface area contributed by atoms with Gasteiger partial charge in [-0.05, 0) is 25.0 Å². The molecule has 0 unspecified atom stereocenters. The van der Waals surface area contributed by atoms with Crippen LogP contribution in [0, 0.1) is 0 Å². The SMILES string of the molecule is CN(CC1(O)CCCC1)c1ncccc1N. The molecule has 1 aromatic rings. The van der Waals surface area contributed by atoms with E-state index in [1.54, 1.807) is 6.20 Å². The van der Waals surface area contributed by atoms with Crippen molar-refractivity contribution < 1.29 is 5.11 Å². The number of nitrogens with two attached hydrogens (primary N) is 1. The van der Waals surface area contributed by atoms with E-state index in [0.717, 1.165) is 31.5 Å². The van der Waals surface area contributed by atoms with Gasteiger partial charge in [-0.2, -0.15) is 0 Å². The van der Waals surface area contributed by atoms with Crippen molar-refractivity contribution in [3.8, 4) is 0 Å². The lowest BCUT2D eigenvalue weighted by atomic mass is 10.0. The Morgan fingerprint density at radius 1 is 1.50 bits per heavy atom. The van der Waals surface area contributed by atoms with E-state index in [4.69, 9.17) is 5.73 Å². The number of likely N-dealkylation sites (N-methyl/N-ethyl adjacent to an activating group) is 1. The molecule has 88 valence electrons. The maximum atomic E-state index is 10.3. The van der Waals surface area contributed by atoms with Crippen LogP contribution in [0.4, 0.5) is 11.5 Å². The van der Waals surface area contributed by atoms with Crippen molar-refractivity contribution in [2.24, 2.45) is 0 Å². The molecule has 4 heteroatoms. The van der Waals surface area contributed by atoms with Crippen LogP contribution in [-0.4, -0.2) is 29.3 Å². The third-order valence-electron chi connectivity index (χ3n) is 3.24. The molecule has 0 saturated heterocycles. The predicted octanol–water partition coefficient (Wildman–Crippen LogP) is 1.41. The average molecular weight is 221 g/mol. The van der Waals surface area contributed by atoms with Gasteiger partial charge in [0.25, 0.3) is 0 Å². The minimum absolute atomic E-state index is 0.557. The zero-order valence-electron chi connectivity index (χ0n) is 9.69. The van der Waals surface area contributed by atoms with Crippen LogP contribution in [-0.2, 0) is 0 Å². The molecule has 1 aliphatic rings. The first-order chi connectivity index (χ1) is 7.61. The number of aliphatic hydroxyl groups is 1. The topological polar surface area (TPSA) is 62.4 Å². The van der Waals surface area contributed by atoms with E-state index in [2.05, 4.69) is 4.98 Å². The molecule has 1 heterocycles. The van der Waals surface area contributed by atoms with Gasteiger partial charge < -0.3 is 15.7 Å². The lowest BCUT2D eigenvalue weighted by Crippen LogP contribution is -2.39. The van der Waals surface area contributed by atoms with Gasteiger partial charge in [-0.3, -0.25) is 0 Å². The van der Waals surface area contributed by atoms with Crippen LogP contribution in [0.1, 0.15) is 25.7 Å². The van der Waals surface area contributed by atoms with Gasteiger partial charge in [0.05, 0.1) is 11.3 Å². The van der Waals surface area contributed by atoms with Crippen molar-refractivity contribution in [3.63, 3.8) is 0 Å². The van der Waals surface area contributed by atoms with E-state index in [1.807, 2.05) is 24.1 Å². The Labute approximate surface area is 96.1 Å². The van der Waals surface area contributed by atoms with Crippen LogP contribution in [0.5, 0.6) is 0 Å². The average Bonchev–Trinajstić information content (AvgIpc) is 2.65. The zero-order chi connectivity index (χ0) is 11.6. The fraction of sp³-hybridized carbons (Fsp3) is 0.583. The van der Waals surface area contributed by atoms with E-state index in [0.29, 0.717) is 12.2 Å². The molecule has 16 heavy (non-hydrogen) atoms. The Morgan fingerprint density at radius 3 is 2.81 bits per heavy atom. The number of pyridine rings is 1. The van der Waals surface area contributed by atoms with Gasteiger partial charge in [-0.15, -0.1) is 0 Å². The molecule has 0 spiro atoms. The normalized spacial score (nSPS) is 18.6. The van der Waals surface area contributed by atoms with Crippen LogP contribution < -0.4 is 10.6 Å². The van der Waals surface area contributed by atoms with Gasteiger partial charge in [0.2, 0.25) is 0 Å². The molecule has 1 aromatic heterocycles. The Bertz CT molecular complexity index is 361. The van der Waals surface area contributed by atoms with E-state index >= 15 is 0 Å². The number of nitrogens with zero attached hydrogens (tertiary/aromatic N) is 2. The minimum atomic E-state index is -0.557. The molecule has 0 radical (unpaired) electrons. The summed E-state index contributed by atoms with van der Waals surface area (Å²) in [6, 6.07) is 3.65. The van der Waals surface area contributed by atoms with Crippen molar-refractivity contribution >= 4 is 11.5 Å². The first-order valence-electron chi connectivity index (χ1n) is 5.75. The molecule has 4 nitrogen and oxygen atoms in total. The molecule has 3 N–H and O–H groups in total. The largest absolute Gasteiger partial charge is 0.396 e. The number of rotatable bonds is 3. The van der Waals surface area contributed by atoms with Gasteiger partial charge in [0.1, 0.15) is 0 Å². The first-order valence-corrected chi connectivity index (χ1v) is 5.75. The van der Waals surface area contributed by atoms with Crippen LogP contribution in [0.2, 0.25) is 0 Å². The molecule has 0 amide bonds. The summed E-state index contributed by atoms with van der Waals surface area (Å²) in [7, 11) is 1.93. The summed E-state index contributed by atoms with van der Waals surface area (Å²) < 4.78 is 0. The highest BCUT2D eigenvalue weighted by Gasteiger charge is 2.32. The molecule has 0 atom stereocenters. The molecule has 1 fully saturated rings. The summed E-state index contributed by atoms with van der Waals surface area (Å²) in [6.45, 7) is 0.605. The van der Waals surface area contributed by atoms with E-state index in [9.17, 15) is 5.11 Å². The van der Waals surface area contributed by atoms with Crippen molar-refractivity contribution in [3.05, 3.63) is 18.3 Å². The van der Waals surface area contributed by atoms with Crippen LogP contribution >= 0.6 is 0 Å². The quantitative estimate of drug-likeness (QED) is 0.810. The highest BCUT2D eigenvalue weighted by Crippen LogP contribution is 2.31. The van der Waals surface area contributed by atoms with Crippen molar-refractivity contribution in [2.45, 2.75) is 31.3 Å². The second-order valence-electron chi connectivity index (χ2n) is 4.70. The Balaban J connectivity index is 2.08. The summed E-state index contributed by atoms with van der Waals surface area (Å²) in [5.74, 6) is 0.753. The summed E-state index contributed by atoms with van der Waals surface area (Å²) in [5.41, 5.74) is 5.96. The second-order valence-corrected chi connectivity index (χ2v) is 4.70. The highest BCUT2D eigenvalue weighted by atomic mass is 16.3. The summed E-state index contributed by atoms with van der Waals surface area (Å²) in [4.78, 5) is 6.19. The number of hydrogen-bond donors (Lipinski definition) is 2. The second kappa shape index (κ2) is 4.29. The third-order valence-corrected chi connectivity index (χ3v) is 3.24. The molecule has 0 aromatic carbocycles. The van der Waals surface area contributed by atoms with Crippen LogP contribution in [0.15, 0.2) is 18.3 Å². The molecular formula is C12H19N3O. The van der Waals surface area contributed by atoms with Gasteiger partial charge in [0.15, 0.2) is 5.82 Å². The fourth-order valence-electron chi connectivity index (χ4n) is 2.44. The van der Waals surface area contributed by atoms with Crippen molar-refractivity contribution in [1.29, 1.82) is 0 Å². The number of aromatic nitrogens is 1. The highest BCUT2D eigenvalue weighted by molar-refractivity contribution is 5.61. The molecule has 1 saturated carbocycles. The summed E-state index contributed by atoms with van der Waals surface area (Å²) in [5, 5.41) is 10.3. The molecule has 0 bridgehead atoms. The maximum absolute atomic E-state index is 10.3. The number of hydrogen-bond acceptors (Lipinski definition) is 4. The maximum Gasteiger partial charge on any atom is 0.151 e. The lowest BCUT2D eigenvalue weighted by molar-refractivity contribution is 0.0558. The monoisotopic (exact) mass is 221 g/mol. The van der Waals surface area contributed by atoms with Crippen molar-refractivity contribution in [2.75, 3.05) is 24.2 Å². The van der Waals surface area contributed by atoms with Crippen molar-refractivity contribution in [1.82, 2.24) is 4.98 Å². The Morgan fingerprint density at radius 2 is 2.19 bits per heavy atom. The van der Waals surface area contributed by atoms with Gasteiger partial charge >= 0.3 is 0 Å². The molecular weight excluding hydrogens is 202 g/mol. The Kier molecular flexibility index (Phi) is 3.01. The predicted molar refractivity (Wildman–Crippen MR) is 65.3 cm³/mol. The summed E-state index contributed by atoms with van der Waals surface area (Å²) >= 11 is 0. The standard InChI is InChI=1S/C12H19N3O/c1-15(9-12(16)6-2-3-7-12)11-10(13)5-4-8-14-11/h4-5,8,16H,2-3,6-7,9,13H2,1H3. The van der Waals surface area contributed by atoms with Gasteiger partial charge in [0, 0.05) is 19.8 Å². The molecule has 1 aliphatic carbocycles. The van der Waals surface area contributed by atoms with Crippen LogP contribution in [0.3, 0.4) is 0 Å². The van der Waals surface area contributed by atoms with Gasteiger partial charge in [-0.1, -0.05) is 12.8 Å². The van der Waals surface area contributed by atoms with E-state index in [1.165, 1.54) is 0 Å². The fourth-order valence-corrected chi connectivity index (χ4v) is 2.44. The van der Waals surface area contributed by atoms with E-state index < -0.39 is 5.60 Å². The smallest absolute Gasteiger partial charge is 0.151 e. The van der Waals surface area contributed by atoms with E-state index in [-0.39, 0.29) is 0 Å². The minimum Gasteiger partial charge on any atom is -0.396 e. The Hall–Kier alpha value is -1.29. The third kappa shape index (κ3) is 2.27. The lowest BCUT2D eigenvalue weighted by Gasteiger charge is -2.29. The first kappa shape index (κ1) is 11.2. The van der Waals surface area contributed by atoms with Crippen LogP contribution in [0.25, 0.3) is 0 Å². The number of nitrogen functional groups attached to an aromatic ring is 1. The van der Waals surface area contributed by atoms with Gasteiger partial charge in [-0.25, -0.2) is 4.98 Å². The molecule has 0 aliphatic heterocycles. The molecule has 2 rings (SSSR count). The number of anilines is 2.